The van der Waals surface area contributed by atoms with Gasteiger partial charge in [0.05, 0.1) is 13.7 Å². The molecule has 0 fully saturated rings. The molecule has 4 heteroatoms. The van der Waals surface area contributed by atoms with E-state index < -0.39 is 60.4 Å². The molecular formula is C45H29N3S. The van der Waals surface area contributed by atoms with Crippen LogP contribution in [0.2, 0.25) is 0 Å². The molecule has 9 rings (SSSR count). The number of benzene rings is 7. The highest BCUT2D eigenvalue weighted by Gasteiger charge is 2.15. The van der Waals surface area contributed by atoms with Gasteiger partial charge >= 0.3 is 0 Å². The lowest BCUT2D eigenvalue weighted by Gasteiger charge is -2.12. The first kappa shape index (κ1) is 20.2. The van der Waals surface area contributed by atoms with Crippen molar-refractivity contribution in [2.75, 3.05) is 0 Å². The van der Waals surface area contributed by atoms with E-state index >= 15 is 0 Å². The van der Waals surface area contributed by atoms with Crippen molar-refractivity contribution in [2.24, 2.45) is 0 Å². The van der Waals surface area contributed by atoms with Crippen LogP contribution in [-0.2, 0) is 0 Å². The van der Waals surface area contributed by atoms with Crippen LogP contribution in [0, 0.1) is 0 Å². The first-order chi connectivity index (χ1) is 28.4. The Morgan fingerprint density at radius 2 is 0.755 bits per heavy atom. The fraction of sp³-hybridized carbons (Fsp3) is 0. The molecule has 0 radical (unpaired) electrons. The lowest BCUT2D eigenvalue weighted by atomic mass is 9.93. The van der Waals surface area contributed by atoms with E-state index in [1.165, 1.54) is 0 Å². The molecule has 0 saturated carbocycles. The van der Waals surface area contributed by atoms with Gasteiger partial charge in [-0.2, -0.15) is 0 Å². The van der Waals surface area contributed by atoms with Crippen molar-refractivity contribution < 1.29 is 13.7 Å². The summed E-state index contributed by atoms with van der Waals surface area (Å²) in [6.45, 7) is 0. The molecule has 0 unspecified atom stereocenters. The zero-order valence-corrected chi connectivity index (χ0v) is 26.5. The molecule has 0 atom stereocenters. The summed E-state index contributed by atoms with van der Waals surface area (Å²) in [4.78, 5) is 13.7. The standard InChI is InChI=1S/C45H29N3S/c1-5-13-30(14-6-1)36-25-37(31-15-7-2-8-16-31)27-38(26-36)34-21-23-41-39(28-34)40-29-35(22-24-42(40)49-41)45-47-43(32-17-9-3-10-18-32)46-44(48-45)33-19-11-4-12-20-33/h1-29H/i3D,4D,9D,10D,11D,12D,17D,18D,19D,20D. The van der Waals surface area contributed by atoms with Gasteiger partial charge in [0, 0.05) is 36.9 Å². The second-order valence-corrected chi connectivity index (χ2v) is 12.4. The largest absolute Gasteiger partial charge is 0.208 e. The van der Waals surface area contributed by atoms with E-state index in [0.717, 1.165) is 53.6 Å². The number of nitrogens with zero attached hydrogens (tertiary/aromatic N) is 3. The molecule has 0 amide bonds. The van der Waals surface area contributed by atoms with Gasteiger partial charge in [-0.15, -0.1) is 11.3 Å². The van der Waals surface area contributed by atoms with E-state index in [1.807, 2.05) is 48.5 Å². The molecule has 0 N–H and O–H groups in total. The minimum Gasteiger partial charge on any atom is -0.208 e. The van der Waals surface area contributed by atoms with Crippen molar-refractivity contribution in [1.82, 2.24) is 15.0 Å². The van der Waals surface area contributed by atoms with Crippen LogP contribution in [0.15, 0.2) is 176 Å². The van der Waals surface area contributed by atoms with Gasteiger partial charge in [0.25, 0.3) is 0 Å². The van der Waals surface area contributed by atoms with Gasteiger partial charge in [-0.1, -0.05) is 127 Å². The minimum absolute atomic E-state index is 0.0177. The smallest absolute Gasteiger partial charge is 0.164 e. The summed E-state index contributed by atoms with van der Waals surface area (Å²) in [5, 5.41) is 1.86. The maximum Gasteiger partial charge on any atom is 0.164 e. The molecule has 3 nitrogen and oxygen atoms in total. The lowest BCUT2D eigenvalue weighted by Crippen LogP contribution is -2.00. The predicted molar refractivity (Wildman–Crippen MR) is 205 cm³/mol. The maximum atomic E-state index is 8.67. The topological polar surface area (TPSA) is 38.7 Å². The second kappa shape index (κ2) is 12.4. The Labute approximate surface area is 302 Å². The van der Waals surface area contributed by atoms with Gasteiger partial charge in [0.2, 0.25) is 0 Å². The van der Waals surface area contributed by atoms with Gasteiger partial charge in [0.15, 0.2) is 17.5 Å². The first-order valence-corrected chi connectivity index (χ1v) is 16.3. The van der Waals surface area contributed by atoms with Gasteiger partial charge in [-0.3, -0.25) is 0 Å². The molecule has 2 aromatic heterocycles. The first-order valence-electron chi connectivity index (χ1n) is 20.5. The van der Waals surface area contributed by atoms with Crippen LogP contribution in [0.3, 0.4) is 0 Å². The van der Waals surface area contributed by atoms with Gasteiger partial charge in [0.1, 0.15) is 0 Å². The summed E-state index contributed by atoms with van der Waals surface area (Å²) in [5.74, 6) is -0.595. The van der Waals surface area contributed by atoms with Gasteiger partial charge < -0.3 is 0 Å². The average molecular weight is 654 g/mol. The fourth-order valence-electron chi connectivity index (χ4n) is 5.94. The number of aromatic nitrogens is 3. The summed E-state index contributed by atoms with van der Waals surface area (Å²) < 4.78 is 86.1. The number of fused-ring (bicyclic) bond motifs is 3. The highest BCUT2D eigenvalue weighted by molar-refractivity contribution is 7.25. The number of thiophene rings is 1. The van der Waals surface area contributed by atoms with E-state index in [1.54, 1.807) is 17.4 Å². The summed E-state index contributed by atoms with van der Waals surface area (Å²) in [6, 6.07) is 33.2. The lowest BCUT2D eigenvalue weighted by molar-refractivity contribution is 1.07. The average Bonchev–Trinajstić information content (AvgIpc) is 3.64. The summed E-state index contributed by atoms with van der Waals surface area (Å²) in [7, 11) is 0. The van der Waals surface area contributed by atoms with Crippen LogP contribution < -0.4 is 0 Å². The fourth-order valence-corrected chi connectivity index (χ4v) is 7.00. The zero-order valence-electron chi connectivity index (χ0n) is 35.7. The highest BCUT2D eigenvalue weighted by atomic mass is 32.1. The quantitative estimate of drug-likeness (QED) is 0.179. The Morgan fingerprint density at radius 1 is 0.347 bits per heavy atom. The van der Waals surface area contributed by atoms with Crippen molar-refractivity contribution in [3.8, 4) is 67.5 Å². The molecule has 0 bridgehead atoms. The summed E-state index contributed by atoms with van der Waals surface area (Å²) in [5.41, 5.74) is 6.25. The Balaban J connectivity index is 1.25. The van der Waals surface area contributed by atoms with E-state index in [0.29, 0.717) is 5.56 Å². The molecule has 0 aliphatic rings. The maximum absolute atomic E-state index is 8.67. The zero-order chi connectivity index (χ0) is 41.3. The molecule has 230 valence electrons. The van der Waals surface area contributed by atoms with Crippen molar-refractivity contribution >= 4 is 31.5 Å². The Kier molecular flexibility index (Phi) is 5.12. The van der Waals surface area contributed by atoms with Crippen LogP contribution in [-0.4, -0.2) is 15.0 Å². The Hall–Kier alpha value is -6.23. The molecule has 2 heterocycles. The second-order valence-electron chi connectivity index (χ2n) is 11.4. The molecule has 0 aliphatic heterocycles. The summed E-state index contributed by atoms with van der Waals surface area (Å²) >= 11 is 1.62. The van der Waals surface area contributed by atoms with Crippen LogP contribution >= 0.6 is 11.3 Å². The normalized spacial score (nSPS) is 14.1. The highest BCUT2D eigenvalue weighted by Crippen LogP contribution is 2.40. The monoisotopic (exact) mass is 653 g/mol. The van der Waals surface area contributed by atoms with Crippen molar-refractivity contribution in [1.29, 1.82) is 0 Å². The Morgan fingerprint density at radius 3 is 1.24 bits per heavy atom. The van der Waals surface area contributed by atoms with Crippen molar-refractivity contribution in [2.45, 2.75) is 0 Å². The third kappa shape index (κ3) is 5.69. The van der Waals surface area contributed by atoms with E-state index in [4.69, 9.17) is 13.7 Å². The molecule has 0 spiro atoms. The van der Waals surface area contributed by atoms with E-state index in [9.17, 15) is 0 Å². The van der Waals surface area contributed by atoms with Crippen molar-refractivity contribution in [3.63, 3.8) is 0 Å². The van der Waals surface area contributed by atoms with Gasteiger partial charge in [-0.25, -0.2) is 15.0 Å². The number of rotatable bonds is 6. The molecule has 49 heavy (non-hydrogen) atoms. The third-order valence-corrected chi connectivity index (χ3v) is 9.44. The molecule has 0 saturated heterocycles. The van der Waals surface area contributed by atoms with Crippen molar-refractivity contribution in [3.05, 3.63) is 176 Å². The van der Waals surface area contributed by atoms with E-state index in [-0.39, 0.29) is 28.6 Å². The summed E-state index contributed by atoms with van der Waals surface area (Å²) in [6.07, 6.45) is 0. The van der Waals surface area contributed by atoms with Crippen LogP contribution in [0.1, 0.15) is 13.7 Å². The predicted octanol–water partition coefficient (Wildman–Crippen LogP) is 12.2. The molecular weight excluding hydrogens is 615 g/mol. The van der Waals surface area contributed by atoms with Crippen LogP contribution in [0.5, 0.6) is 0 Å². The van der Waals surface area contributed by atoms with Crippen LogP contribution in [0.4, 0.5) is 0 Å². The third-order valence-electron chi connectivity index (χ3n) is 8.29. The molecule has 9 aromatic rings. The minimum atomic E-state index is -0.598. The van der Waals surface area contributed by atoms with Crippen LogP contribution in [0.25, 0.3) is 87.7 Å². The molecule has 0 aliphatic carbocycles. The Bertz CT molecular complexity index is 2970. The molecule has 7 aromatic carbocycles. The number of hydrogen-bond donors (Lipinski definition) is 0. The van der Waals surface area contributed by atoms with Gasteiger partial charge in [-0.05, 0) is 81.9 Å². The SMILES string of the molecule is [2H]c1c([2H])c([2H])c(-c2nc(-c3ccc4sc5ccc(-c6cc(-c7ccccc7)cc(-c7ccccc7)c6)cc5c4c3)nc(-c3c([2H])c([2H])c([2H])c([2H])c3[2H])n2)c([2H])c1[2H]. The van der Waals surface area contributed by atoms with E-state index in [2.05, 4.69) is 75.6 Å². The number of hydrogen-bond acceptors (Lipinski definition) is 4.